The molecule has 0 bridgehead atoms. The Kier molecular flexibility index (Phi) is 8.24. The fraction of sp³-hybridized carbons (Fsp3) is 0.462. The minimum atomic E-state index is -0.0403. The minimum Gasteiger partial charge on any atom is -0.369 e. The maximum atomic E-state index is 12.3. The van der Waals surface area contributed by atoms with E-state index in [2.05, 4.69) is 46.3 Å². The molecule has 0 atom stereocenters. The van der Waals surface area contributed by atoms with Crippen molar-refractivity contribution < 1.29 is 9.59 Å². The zero-order chi connectivity index (χ0) is 22.2. The number of Topliss-reactive ketones (excluding diaryl/α,β-unsaturated/α-hetero) is 1. The molecule has 1 aliphatic rings. The Morgan fingerprint density at radius 3 is 2.39 bits per heavy atom. The highest BCUT2D eigenvalue weighted by molar-refractivity contribution is 5.98. The lowest BCUT2D eigenvalue weighted by Crippen LogP contribution is -2.47. The fourth-order valence-corrected chi connectivity index (χ4v) is 3.96. The standard InChI is InChI=1S/C26H35N3O2/c1-20-6-4-7-24(18-20)29-16-14-28(15-17-29)13-5-12-27-26(31)11-10-25(30)23-9-8-21(2)22(3)19-23/h4,6-9,18-19H,5,10-17H2,1-3H3,(H,27,31). The summed E-state index contributed by atoms with van der Waals surface area (Å²) in [6, 6.07) is 14.4. The molecule has 0 unspecified atom stereocenters. The number of nitrogens with zero attached hydrogens (tertiary/aromatic N) is 2. The molecule has 2 aromatic carbocycles. The number of hydrogen-bond donors (Lipinski definition) is 1. The summed E-state index contributed by atoms with van der Waals surface area (Å²) in [6.45, 7) is 12.0. The quantitative estimate of drug-likeness (QED) is 0.493. The molecule has 0 aromatic heterocycles. The lowest BCUT2D eigenvalue weighted by atomic mass is 10.0. The van der Waals surface area contributed by atoms with Gasteiger partial charge >= 0.3 is 0 Å². The lowest BCUT2D eigenvalue weighted by molar-refractivity contribution is -0.121. The maximum Gasteiger partial charge on any atom is 0.220 e. The van der Waals surface area contributed by atoms with Crippen molar-refractivity contribution in [1.82, 2.24) is 10.2 Å². The van der Waals surface area contributed by atoms with Crippen molar-refractivity contribution in [1.29, 1.82) is 0 Å². The van der Waals surface area contributed by atoms with Crippen LogP contribution in [0.2, 0.25) is 0 Å². The van der Waals surface area contributed by atoms with Gasteiger partial charge in [0.1, 0.15) is 0 Å². The number of amides is 1. The highest BCUT2D eigenvalue weighted by Crippen LogP contribution is 2.18. The van der Waals surface area contributed by atoms with Crippen molar-refractivity contribution in [2.24, 2.45) is 0 Å². The van der Waals surface area contributed by atoms with E-state index in [0.717, 1.165) is 44.7 Å². The van der Waals surface area contributed by atoms with E-state index >= 15 is 0 Å². The Morgan fingerprint density at radius 2 is 1.68 bits per heavy atom. The predicted octanol–water partition coefficient (Wildman–Crippen LogP) is 3.90. The number of anilines is 1. The molecule has 0 aliphatic carbocycles. The van der Waals surface area contributed by atoms with Crippen molar-refractivity contribution in [2.75, 3.05) is 44.2 Å². The molecule has 5 heteroatoms. The Labute approximate surface area is 186 Å². The van der Waals surface area contributed by atoms with Crippen LogP contribution in [0.4, 0.5) is 5.69 Å². The molecule has 0 spiro atoms. The van der Waals surface area contributed by atoms with E-state index < -0.39 is 0 Å². The molecule has 1 N–H and O–H groups in total. The second-order valence-corrected chi connectivity index (χ2v) is 8.59. The van der Waals surface area contributed by atoms with E-state index in [1.165, 1.54) is 16.8 Å². The number of hydrogen-bond acceptors (Lipinski definition) is 4. The summed E-state index contributed by atoms with van der Waals surface area (Å²) >= 11 is 0. The first-order valence-corrected chi connectivity index (χ1v) is 11.3. The van der Waals surface area contributed by atoms with Crippen molar-refractivity contribution in [3.05, 3.63) is 64.7 Å². The number of aryl methyl sites for hydroxylation is 3. The van der Waals surface area contributed by atoms with Gasteiger partial charge in [0.15, 0.2) is 5.78 Å². The predicted molar refractivity (Wildman–Crippen MR) is 127 cm³/mol. The first-order valence-electron chi connectivity index (χ1n) is 11.3. The van der Waals surface area contributed by atoms with Crippen molar-refractivity contribution in [3.63, 3.8) is 0 Å². The van der Waals surface area contributed by atoms with Gasteiger partial charge in [-0.15, -0.1) is 0 Å². The van der Waals surface area contributed by atoms with E-state index in [4.69, 9.17) is 0 Å². The second kappa shape index (κ2) is 11.1. The van der Waals surface area contributed by atoms with E-state index in [0.29, 0.717) is 12.1 Å². The smallest absolute Gasteiger partial charge is 0.220 e. The van der Waals surface area contributed by atoms with E-state index in [1.807, 2.05) is 32.0 Å². The largest absolute Gasteiger partial charge is 0.369 e. The Bertz CT molecular complexity index is 901. The molecule has 1 saturated heterocycles. The third kappa shape index (κ3) is 6.93. The molecule has 31 heavy (non-hydrogen) atoms. The van der Waals surface area contributed by atoms with E-state index in [9.17, 15) is 9.59 Å². The molecule has 5 nitrogen and oxygen atoms in total. The van der Waals surface area contributed by atoms with Crippen LogP contribution in [0.5, 0.6) is 0 Å². The van der Waals surface area contributed by atoms with Gasteiger partial charge < -0.3 is 10.2 Å². The van der Waals surface area contributed by atoms with Gasteiger partial charge in [-0.2, -0.15) is 0 Å². The summed E-state index contributed by atoms with van der Waals surface area (Å²) in [5.74, 6) is -0.00817. The Morgan fingerprint density at radius 1 is 0.903 bits per heavy atom. The van der Waals surface area contributed by atoms with Crippen LogP contribution in [0.15, 0.2) is 42.5 Å². The normalized spacial score (nSPS) is 14.5. The molecular formula is C26H35N3O2. The van der Waals surface area contributed by atoms with Crippen LogP contribution in [0, 0.1) is 20.8 Å². The summed E-state index contributed by atoms with van der Waals surface area (Å²) in [6.07, 6.45) is 1.44. The summed E-state index contributed by atoms with van der Waals surface area (Å²) in [4.78, 5) is 29.3. The van der Waals surface area contributed by atoms with Crippen LogP contribution in [-0.2, 0) is 4.79 Å². The van der Waals surface area contributed by atoms with Crippen LogP contribution in [0.1, 0.15) is 46.3 Å². The Hall–Kier alpha value is -2.66. The molecule has 2 aromatic rings. The average molecular weight is 422 g/mol. The van der Waals surface area contributed by atoms with Crippen molar-refractivity contribution in [3.8, 4) is 0 Å². The van der Waals surface area contributed by atoms with E-state index in [-0.39, 0.29) is 24.5 Å². The fourth-order valence-electron chi connectivity index (χ4n) is 3.96. The zero-order valence-corrected chi connectivity index (χ0v) is 19.1. The summed E-state index contributed by atoms with van der Waals surface area (Å²) < 4.78 is 0. The molecule has 0 saturated carbocycles. The summed E-state index contributed by atoms with van der Waals surface area (Å²) in [5, 5.41) is 2.96. The van der Waals surface area contributed by atoms with Crippen molar-refractivity contribution in [2.45, 2.75) is 40.0 Å². The van der Waals surface area contributed by atoms with Gasteiger partial charge in [-0.25, -0.2) is 0 Å². The van der Waals surface area contributed by atoms with Gasteiger partial charge in [0.25, 0.3) is 0 Å². The number of rotatable bonds is 9. The highest BCUT2D eigenvalue weighted by Gasteiger charge is 2.17. The number of benzene rings is 2. The zero-order valence-electron chi connectivity index (χ0n) is 19.1. The molecule has 166 valence electrons. The number of carbonyl (C=O) groups is 2. The number of ketones is 1. The maximum absolute atomic E-state index is 12.3. The number of nitrogens with one attached hydrogen (secondary N) is 1. The topological polar surface area (TPSA) is 52.6 Å². The third-order valence-corrected chi connectivity index (χ3v) is 6.12. The Balaban J connectivity index is 1.29. The molecule has 1 fully saturated rings. The molecule has 1 aliphatic heterocycles. The van der Waals surface area contributed by atoms with Gasteiger partial charge in [-0.3, -0.25) is 14.5 Å². The monoisotopic (exact) mass is 421 g/mol. The minimum absolute atomic E-state index is 0.0322. The van der Waals surface area contributed by atoms with Gasteiger partial charge in [-0.1, -0.05) is 24.3 Å². The van der Waals surface area contributed by atoms with Crippen LogP contribution >= 0.6 is 0 Å². The second-order valence-electron chi connectivity index (χ2n) is 8.59. The highest BCUT2D eigenvalue weighted by atomic mass is 16.2. The SMILES string of the molecule is Cc1cccc(N2CCN(CCCNC(=O)CCC(=O)c3ccc(C)c(C)c3)CC2)c1. The van der Waals surface area contributed by atoms with Crippen LogP contribution in [-0.4, -0.2) is 55.9 Å². The first kappa shape index (κ1) is 23.0. The lowest BCUT2D eigenvalue weighted by Gasteiger charge is -2.36. The first-order chi connectivity index (χ1) is 14.9. The number of piperazine rings is 1. The number of carbonyl (C=O) groups excluding carboxylic acids is 2. The molecule has 0 radical (unpaired) electrons. The molecule has 3 rings (SSSR count). The van der Waals surface area contributed by atoms with E-state index in [1.54, 1.807) is 0 Å². The summed E-state index contributed by atoms with van der Waals surface area (Å²) in [5.41, 5.74) is 5.58. The van der Waals surface area contributed by atoms with Crippen molar-refractivity contribution >= 4 is 17.4 Å². The molecule has 1 heterocycles. The van der Waals surface area contributed by atoms with Gasteiger partial charge in [0.2, 0.25) is 5.91 Å². The molecular weight excluding hydrogens is 386 g/mol. The summed E-state index contributed by atoms with van der Waals surface area (Å²) in [7, 11) is 0. The third-order valence-electron chi connectivity index (χ3n) is 6.12. The van der Waals surface area contributed by atoms with Gasteiger partial charge in [0, 0.05) is 56.8 Å². The van der Waals surface area contributed by atoms with Crippen LogP contribution < -0.4 is 10.2 Å². The van der Waals surface area contributed by atoms with Crippen LogP contribution in [0.3, 0.4) is 0 Å². The molecule has 1 amide bonds. The van der Waals surface area contributed by atoms with Crippen LogP contribution in [0.25, 0.3) is 0 Å². The van der Waals surface area contributed by atoms with Gasteiger partial charge in [-0.05, 0) is 68.6 Å². The average Bonchev–Trinajstić information content (AvgIpc) is 2.77. The van der Waals surface area contributed by atoms with Gasteiger partial charge in [0.05, 0.1) is 0 Å².